The maximum atomic E-state index is 10.9. The average molecular weight is 220 g/mol. The maximum absolute atomic E-state index is 10.9. The molecule has 0 saturated carbocycles. The zero-order valence-electron chi connectivity index (χ0n) is 9.73. The monoisotopic (exact) mass is 220 g/mol. The number of rotatable bonds is 4. The first kappa shape index (κ1) is 12.5. The molecule has 3 heteroatoms. The van der Waals surface area contributed by atoms with Crippen molar-refractivity contribution >= 4 is 6.29 Å². The number of benzene rings is 1. The van der Waals surface area contributed by atoms with Crippen LogP contribution in [-0.2, 0) is 0 Å². The molecule has 0 saturated heterocycles. The first-order chi connectivity index (χ1) is 7.54. The molecule has 86 valence electrons. The Labute approximate surface area is 95.4 Å². The van der Waals surface area contributed by atoms with Gasteiger partial charge in [0.25, 0.3) is 0 Å². The Hall–Kier alpha value is -1.61. The van der Waals surface area contributed by atoms with Gasteiger partial charge < -0.3 is 9.84 Å². The summed E-state index contributed by atoms with van der Waals surface area (Å²) in [5, 5.41) is 9.38. The van der Waals surface area contributed by atoms with Crippen LogP contribution < -0.4 is 4.74 Å². The van der Waals surface area contributed by atoms with Gasteiger partial charge in [0.15, 0.2) is 6.29 Å². The topological polar surface area (TPSA) is 46.5 Å². The minimum atomic E-state index is -0.587. The molecule has 0 aliphatic heterocycles. The van der Waals surface area contributed by atoms with E-state index < -0.39 is 6.10 Å². The van der Waals surface area contributed by atoms with Gasteiger partial charge >= 0.3 is 0 Å². The van der Waals surface area contributed by atoms with Gasteiger partial charge in [0.05, 0.1) is 17.9 Å². The van der Waals surface area contributed by atoms with Crippen molar-refractivity contribution in [2.24, 2.45) is 0 Å². The number of aliphatic hydroxyl groups excluding tert-OH is 1. The van der Waals surface area contributed by atoms with E-state index in [9.17, 15) is 9.90 Å². The number of carbonyl (C=O) groups is 1. The third-order valence-electron chi connectivity index (χ3n) is 2.06. The fourth-order valence-electron chi connectivity index (χ4n) is 1.21. The second-order valence-electron chi connectivity index (χ2n) is 3.90. The van der Waals surface area contributed by atoms with E-state index in [1.807, 2.05) is 13.8 Å². The third kappa shape index (κ3) is 3.21. The molecule has 1 atom stereocenters. The van der Waals surface area contributed by atoms with Gasteiger partial charge in [0, 0.05) is 0 Å². The van der Waals surface area contributed by atoms with Crippen LogP contribution in [0.2, 0.25) is 0 Å². The molecule has 0 spiro atoms. The van der Waals surface area contributed by atoms with Crippen molar-refractivity contribution in [2.45, 2.75) is 26.9 Å². The Morgan fingerprint density at radius 1 is 1.44 bits per heavy atom. The highest BCUT2D eigenvalue weighted by Crippen LogP contribution is 2.22. The molecule has 1 aromatic rings. The zero-order valence-corrected chi connectivity index (χ0v) is 9.73. The molecule has 1 unspecified atom stereocenters. The van der Waals surface area contributed by atoms with Crippen molar-refractivity contribution in [1.29, 1.82) is 0 Å². The summed E-state index contributed by atoms with van der Waals surface area (Å²) in [6.45, 7) is 5.47. The molecular formula is C13H16O3. The summed E-state index contributed by atoms with van der Waals surface area (Å²) in [6.07, 6.45) is 1.72. The summed E-state index contributed by atoms with van der Waals surface area (Å²) in [5.74, 6) is 0.501. The number of ether oxygens (including phenoxy) is 1. The maximum Gasteiger partial charge on any atom is 0.153 e. The Bertz CT molecular complexity index is 402. The van der Waals surface area contributed by atoms with Crippen LogP contribution in [0.15, 0.2) is 30.0 Å². The molecule has 0 aliphatic carbocycles. The quantitative estimate of drug-likeness (QED) is 0.627. The van der Waals surface area contributed by atoms with E-state index >= 15 is 0 Å². The van der Waals surface area contributed by atoms with Crippen LogP contribution in [0, 0.1) is 0 Å². The summed E-state index contributed by atoms with van der Waals surface area (Å²) >= 11 is 0. The summed E-state index contributed by atoms with van der Waals surface area (Å²) in [6, 6.07) is 5.06. The Morgan fingerprint density at radius 2 is 2.12 bits per heavy atom. The lowest BCUT2D eigenvalue weighted by Crippen LogP contribution is -1.96. The third-order valence-corrected chi connectivity index (χ3v) is 2.06. The number of carbonyl (C=O) groups excluding carboxylic acids is 1. The molecule has 0 fully saturated rings. The van der Waals surface area contributed by atoms with E-state index in [1.165, 1.54) is 0 Å². The van der Waals surface area contributed by atoms with Crippen molar-refractivity contribution in [3.63, 3.8) is 0 Å². The predicted octanol–water partition coefficient (Wildman–Crippen LogP) is 2.85. The Kier molecular flexibility index (Phi) is 4.26. The van der Waals surface area contributed by atoms with E-state index in [4.69, 9.17) is 4.74 Å². The van der Waals surface area contributed by atoms with Crippen LogP contribution in [0.4, 0.5) is 0 Å². The van der Waals surface area contributed by atoms with E-state index in [0.29, 0.717) is 16.9 Å². The molecule has 0 bridgehead atoms. The van der Waals surface area contributed by atoms with E-state index in [2.05, 4.69) is 0 Å². The molecule has 1 aromatic carbocycles. The highest BCUT2D eigenvalue weighted by Gasteiger charge is 2.07. The SMILES string of the molecule is CC(C)=COc1ccc(C(C)O)cc1C=O. The lowest BCUT2D eigenvalue weighted by atomic mass is 10.1. The Balaban J connectivity index is 3.02. The second-order valence-corrected chi connectivity index (χ2v) is 3.90. The number of aldehydes is 1. The van der Waals surface area contributed by atoms with Crippen LogP contribution in [-0.4, -0.2) is 11.4 Å². The average Bonchev–Trinajstić information content (AvgIpc) is 2.25. The van der Waals surface area contributed by atoms with Gasteiger partial charge in [-0.3, -0.25) is 4.79 Å². The van der Waals surface area contributed by atoms with Crippen molar-refractivity contribution < 1.29 is 14.6 Å². The van der Waals surface area contributed by atoms with Crippen molar-refractivity contribution in [3.05, 3.63) is 41.2 Å². The van der Waals surface area contributed by atoms with E-state index in [1.54, 1.807) is 31.4 Å². The van der Waals surface area contributed by atoms with Gasteiger partial charge in [-0.25, -0.2) is 0 Å². The minimum absolute atomic E-state index is 0.441. The molecule has 0 aliphatic rings. The van der Waals surface area contributed by atoms with Gasteiger partial charge in [0.1, 0.15) is 5.75 Å². The van der Waals surface area contributed by atoms with Gasteiger partial charge in [-0.1, -0.05) is 6.07 Å². The fraction of sp³-hybridized carbons (Fsp3) is 0.308. The standard InChI is InChI=1S/C13H16O3/c1-9(2)8-16-13-5-4-11(10(3)15)6-12(13)7-14/h4-8,10,15H,1-3H3. The van der Waals surface area contributed by atoms with Crippen LogP contribution in [0.5, 0.6) is 5.75 Å². The first-order valence-corrected chi connectivity index (χ1v) is 5.12. The van der Waals surface area contributed by atoms with Crippen LogP contribution in [0.1, 0.15) is 42.8 Å². The first-order valence-electron chi connectivity index (χ1n) is 5.12. The molecule has 0 amide bonds. The second kappa shape index (κ2) is 5.47. The van der Waals surface area contributed by atoms with E-state index in [-0.39, 0.29) is 0 Å². The molecule has 1 N–H and O–H groups in total. The molecule has 1 rings (SSSR count). The molecular weight excluding hydrogens is 204 g/mol. The van der Waals surface area contributed by atoms with Crippen molar-refractivity contribution in [3.8, 4) is 5.75 Å². The molecule has 0 heterocycles. The van der Waals surface area contributed by atoms with Gasteiger partial charge in [-0.15, -0.1) is 0 Å². The van der Waals surface area contributed by atoms with Crippen molar-refractivity contribution in [2.75, 3.05) is 0 Å². The number of hydrogen-bond donors (Lipinski definition) is 1. The fourth-order valence-corrected chi connectivity index (χ4v) is 1.21. The van der Waals surface area contributed by atoms with E-state index in [0.717, 1.165) is 11.9 Å². The summed E-state index contributed by atoms with van der Waals surface area (Å²) in [7, 11) is 0. The Morgan fingerprint density at radius 3 is 2.62 bits per heavy atom. The predicted molar refractivity (Wildman–Crippen MR) is 62.5 cm³/mol. The minimum Gasteiger partial charge on any atom is -0.464 e. The summed E-state index contributed by atoms with van der Waals surface area (Å²) < 4.78 is 5.35. The van der Waals surface area contributed by atoms with Crippen LogP contribution in [0.25, 0.3) is 0 Å². The molecule has 0 aromatic heterocycles. The zero-order chi connectivity index (χ0) is 12.1. The number of aliphatic hydroxyl groups is 1. The van der Waals surface area contributed by atoms with Crippen LogP contribution in [0.3, 0.4) is 0 Å². The van der Waals surface area contributed by atoms with Gasteiger partial charge in [-0.05, 0) is 44.0 Å². The number of hydrogen-bond acceptors (Lipinski definition) is 3. The summed E-state index contributed by atoms with van der Waals surface area (Å²) in [5.41, 5.74) is 2.15. The molecule has 0 radical (unpaired) electrons. The summed E-state index contributed by atoms with van der Waals surface area (Å²) in [4.78, 5) is 10.9. The lowest BCUT2D eigenvalue weighted by molar-refractivity contribution is 0.112. The van der Waals surface area contributed by atoms with Gasteiger partial charge in [0.2, 0.25) is 0 Å². The van der Waals surface area contributed by atoms with Crippen LogP contribution >= 0.6 is 0 Å². The molecule has 3 nitrogen and oxygen atoms in total. The number of allylic oxidation sites excluding steroid dienone is 1. The van der Waals surface area contributed by atoms with Gasteiger partial charge in [-0.2, -0.15) is 0 Å². The smallest absolute Gasteiger partial charge is 0.153 e. The lowest BCUT2D eigenvalue weighted by Gasteiger charge is -2.09. The van der Waals surface area contributed by atoms with Crippen molar-refractivity contribution in [1.82, 2.24) is 0 Å². The largest absolute Gasteiger partial charge is 0.464 e. The highest BCUT2D eigenvalue weighted by atomic mass is 16.5. The highest BCUT2D eigenvalue weighted by molar-refractivity contribution is 5.79. The molecule has 16 heavy (non-hydrogen) atoms. The normalized spacial score (nSPS) is 11.8.